The molecule has 2 heterocycles. The molecule has 1 amide bonds. The van der Waals surface area contributed by atoms with Crippen molar-refractivity contribution < 1.29 is 14.6 Å². The molecule has 112 valence electrons. The monoisotopic (exact) mass is 288 g/mol. The van der Waals surface area contributed by atoms with E-state index in [0.717, 1.165) is 13.0 Å². The highest BCUT2D eigenvalue weighted by Crippen LogP contribution is 2.19. The number of likely N-dealkylation sites (tertiary alicyclic amines) is 1. The second-order valence-electron chi connectivity index (χ2n) is 5.04. The quantitative estimate of drug-likeness (QED) is 0.837. The summed E-state index contributed by atoms with van der Waals surface area (Å²) in [5, 5.41) is 8.77. The molecule has 0 bridgehead atoms. The number of hydrogen-bond donors (Lipinski definition) is 1. The molecule has 0 radical (unpaired) electrons. The molecule has 1 aromatic rings. The van der Waals surface area contributed by atoms with E-state index >= 15 is 0 Å². The lowest BCUT2D eigenvalue weighted by molar-refractivity contribution is 0.0769. The first kappa shape index (κ1) is 15.5. The standard InChI is InChI=1S/C16H20N2O3/c1-21-12-13-7-9-18(11-13)16(20)15-14(5-2-3-10-19)6-4-8-17-15/h4,6,8,13,19H,3,7,9-12H2,1H3. The Morgan fingerprint density at radius 2 is 2.48 bits per heavy atom. The minimum atomic E-state index is -0.0810. The molecule has 1 aromatic heterocycles. The third kappa shape index (κ3) is 4.03. The van der Waals surface area contributed by atoms with E-state index in [1.807, 2.05) is 4.90 Å². The third-order valence-corrected chi connectivity index (χ3v) is 3.45. The van der Waals surface area contributed by atoms with Gasteiger partial charge >= 0.3 is 0 Å². The van der Waals surface area contributed by atoms with Crippen molar-refractivity contribution in [1.82, 2.24) is 9.88 Å². The maximum absolute atomic E-state index is 12.6. The molecule has 1 aliphatic rings. The Hall–Kier alpha value is -1.90. The van der Waals surface area contributed by atoms with Gasteiger partial charge in [-0.1, -0.05) is 11.8 Å². The summed E-state index contributed by atoms with van der Waals surface area (Å²) >= 11 is 0. The van der Waals surface area contributed by atoms with E-state index in [4.69, 9.17) is 9.84 Å². The molecule has 0 aromatic carbocycles. The number of ether oxygens (including phenoxy) is 1. The van der Waals surface area contributed by atoms with Crippen LogP contribution in [0, 0.1) is 17.8 Å². The van der Waals surface area contributed by atoms with Crippen LogP contribution < -0.4 is 0 Å². The third-order valence-electron chi connectivity index (χ3n) is 3.45. The van der Waals surface area contributed by atoms with Gasteiger partial charge in [0.25, 0.3) is 5.91 Å². The Kier molecular flexibility index (Phi) is 5.73. The molecule has 1 saturated heterocycles. The fourth-order valence-electron chi connectivity index (χ4n) is 2.43. The summed E-state index contributed by atoms with van der Waals surface area (Å²) in [5.41, 5.74) is 1.01. The molecule has 1 N–H and O–H groups in total. The van der Waals surface area contributed by atoms with E-state index in [9.17, 15) is 4.79 Å². The van der Waals surface area contributed by atoms with Crippen LogP contribution >= 0.6 is 0 Å². The molecular formula is C16H20N2O3. The Morgan fingerprint density at radius 1 is 1.62 bits per heavy atom. The number of aliphatic hydroxyl groups excluding tert-OH is 1. The number of carbonyl (C=O) groups excluding carboxylic acids is 1. The van der Waals surface area contributed by atoms with Gasteiger partial charge in [0.15, 0.2) is 0 Å². The topological polar surface area (TPSA) is 62.7 Å². The van der Waals surface area contributed by atoms with Crippen LogP contribution in [0.15, 0.2) is 18.3 Å². The average Bonchev–Trinajstić information content (AvgIpc) is 2.96. The molecule has 1 atom stereocenters. The van der Waals surface area contributed by atoms with E-state index in [0.29, 0.717) is 36.7 Å². The molecule has 2 rings (SSSR count). The molecule has 5 nitrogen and oxygen atoms in total. The minimum absolute atomic E-state index is 0.0152. The number of nitrogens with zero attached hydrogens (tertiary/aromatic N) is 2. The first-order chi connectivity index (χ1) is 10.3. The van der Waals surface area contributed by atoms with Gasteiger partial charge in [-0.05, 0) is 18.6 Å². The van der Waals surface area contributed by atoms with Crippen molar-refractivity contribution in [2.75, 3.05) is 33.4 Å². The fourth-order valence-corrected chi connectivity index (χ4v) is 2.43. The van der Waals surface area contributed by atoms with Gasteiger partial charge < -0.3 is 14.7 Å². The molecule has 0 spiro atoms. The van der Waals surface area contributed by atoms with Crippen LogP contribution in [0.3, 0.4) is 0 Å². The van der Waals surface area contributed by atoms with E-state index in [1.54, 1.807) is 25.4 Å². The number of pyridine rings is 1. The molecule has 0 aliphatic carbocycles. The summed E-state index contributed by atoms with van der Waals surface area (Å²) in [6, 6.07) is 3.55. The van der Waals surface area contributed by atoms with Crippen LogP contribution in [0.4, 0.5) is 0 Å². The zero-order valence-electron chi connectivity index (χ0n) is 12.2. The van der Waals surface area contributed by atoms with Gasteiger partial charge in [-0.25, -0.2) is 4.98 Å². The molecule has 1 fully saturated rings. The fraction of sp³-hybridized carbons (Fsp3) is 0.500. The van der Waals surface area contributed by atoms with Gasteiger partial charge in [0.05, 0.1) is 18.8 Å². The number of amides is 1. The Balaban J connectivity index is 2.11. The van der Waals surface area contributed by atoms with Crippen molar-refractivity contribution >= 4 is 5.91 Å². The normalized spacial score (nSPS) is 17.4. The van der Waals surface area contributed by atoms with Gasteiger partial charge in [-0.2, -0.15) is 0 Å². The lowest BCUT2D eigenvalue weighted by atomic mass is 10.1. The van der Waals surface area contributed by atoms with Gasteiger partial charge in [0.1, 0.15) is 5.69 Å². The first-order valence-electron chi connectivity index (χ1n) is 7.09. The maximum atomic E-state index is 12.6. The maximum Gasteiger partial charge on any atom is 0.273 e. The first-order valence-corrected chi connectivity index (χ1v) is 7.09. The zero-order chi connectivity index (χ0) is 15.1. The van der Waals surface area contributed by atoms with Crippen LogP contribution in [0.25, 0.3) is 0 Å². The lowest BCUT2D eigenvalue weighted by Gasteiger charge is -2.16. The SMILES string of the molecule is COCC1CCN(C(=O)c2ncccc2C#CCCO)C1. The van der Waals surface area contributed by atoms with Gasteiger partial charge in [-0.3, -0.25) is 4.79 Å². The van der Waals surface area contributed by atoms with Gasteiger partial charge in [0.2, 0.25) is 0 Å². The van der Waals surface area contributed by atoms with Gasteiger partial charge in [0, 0.05) is 38.7 Å². The number of methoxy groups -OCH3 is 1. The van der Waals surface area contributed by atoms with E-state index in [2.05, 4.69) is 16.8 Å². The van der Waals surface area contributed by atoms with Crippen LogP contribution in [0.1, 0.15) is 28.9 Å². The van der Waals surface area contributed by atoms with Crippen molar-refractivity contribution in [2.24, 2.45) is 5.92 Å². The molecule has 1 aliphatic heterocycles. The van der Waals surface area contributed by atoms with Crippen molar-refractivity contribution in [3.8, 4) is 11.8 Å². The summed E-state index contributed by atoms with van der Waals surface area (Å²) in [5.74, 6) is 6.06. The van der Waals surface area contributed by atoms with Gasteiger partial charge in [-0.15, -0.1) is 0 Å². The van der Waals surface area contributed by atoms with E-state index < -0.39 is 0 Å². The summed E-state index contributed by atoms with van der Waals surface area (Å²) in [6.45, 7) is 2.12. The van der Waals surface area contributed by atoms with Crippen LogP contribution in [0.2, 0.25) is 0 Å². The summed E-state index contributed by atoms with van der Waals surface area (Å²) in [6.07, 6.45) is 2.95. The minimum Gasteiger partial charge on any atom is -0.395 e. The largest absolute Gasteiger partial charge is 0.395 e. The average molecular weight is 288 g/mol. The summed E-state index contributed by atoms with van der Waals surface area (Å²) < 4.78 is 5.15. The molecule has 5 heteroatoms. The number of carbonyl (C=O) groups is 1. The number of hydrogen-bond acceptors (Lipinski definition) is 4. The van der Waals surface area contributed by atoms with Crippen molar-refractivity contribution in [2.45, 2.75) is 12.8 Å². The zero-order valence-corrected chi connectivity index (χ0v) is 12.2. The number of aliphatic hydroxyl groups is 1. The molecule has 0 saturated carbocycles. The molecule has 21 heavy (non-hydrogen) atoms. The van der Waals surface area contributed by atoms with Crippen LogP contribution in [-0.2, 0) is 4.74 Å². The predicted molar refractivity (Wildman–Crippen MR) is 78.7 cm³/mol. The van der Waals surface area contributed by atoms with Crippen molar-refractivity contribution in [1.29, 1.82) is 0 Å². The highest BCUT2D eigenvalue weighted by molar-refractivity contribution is 5.94. The highest BCUT2D eigenvalue weighted by Gasteiger charge is 2.28. The lowest BCUT2D eigenvalue weighted by Crippen LogP contribution is -2.30. The number of aromatic nitrogens is 1. The molecule has 1 unspecified atom stereocenters. The van der Waals surface area contributed by atoms with Crippen molar-refractivity contribution in [3.63, 3.8) is 0 Å². The Bertz CT molecular complexity index is 548. The number of rotatable bonds is 4. The Morgan fingerprint density at radius 3 is 3.24 bits per heavy atom. The summed E-state index contributed by atoms with van der Waals surface area (Å²) in [4.78, 5) is 18.6. The smallest absolute Gasteiger partial charge is 0.273 e. The highest BCUT2D eigenvalue weighted by atomic mass is 16.5. The van der Waals surface area contributed by atoms with E-state index in [1.165, 1.54) is 0 Å². The van der Waals surface area contributed by atoms with E-state index in [-0.39, 0.29) is 12.5 Å². The molecular weight excluding hydrogens is 268 g/mol. The summed E-state index contributed by atoms with van der Waals surface area (Å²) in [7, 11) is 1.68. The van der Waals surface area contributed by atoms with Crippen LogP contribution in [-0.4, -0.2) is 54.3 Å². The second-order valence-corrected chi connectivity index (χ2v) is 5.04. The van der Waals surface area contributed by atoms with Crippen molar-refractivity contribution in [3.05, 3.63) is 29.6 Å². The predicted octanol–water partition coefficient (Wildman–Crippen LogP) is 0.924. The second kappa shape index (κ2) is 7.77. The van der Waals surface area contributed by atoms with Crippen LogP contribution in [0.5, 0.6) is 0 Å². The Labute approximate surface area is 124 Å².